The van der Waals surface area contributed by atoms with Gasteiger partial charge in [-0.25, -0.2) is 15.2 Å². The average molecular weight is 259 g/mol. The highest BCUT2D eigenvalue weighted by Gasteiger charge is 2.05. The van der Waals surface area contributed by atoms with E-state index >= 15 is 0 Å². The third kappa shape index (κ3) is 3.14. The van der Waals surface area contributed by atoms with Gasteiger partial charge in [0.1, 0.15) is 6.61 Å². The second-order valence-electron chi connectivity index (χ2n) is 3.58. The molecule has 1 heterocycles. The minimum atomic E-state index is -0.591. The van der Waals surface area contributed by atoms with E-state index in [2.05, 4.69) is 15.4 Å². The monoisotopic (exact) mass is 259 g/mol. The van der Waals surface area contributed by atoms with Gasteiger partial charge in [-0.05, 0) is 18.2 Å². The van der Waals surface area contributed by atoms with Crippen molar-refractivity contribution in [3.8, 4) is 11.8 Å². The van der Waals surface area contributed by atoms with Crippen LogP contribution in [0.4, 0.5) is 10.2 Å². The number of ether oxygens (including phenoxy) is 1. The van der Waals surface area contributed by atoms with Crippen molar-refractivity contribution in [1.29, 1.82) is 5.26 Å². The molecule has 0 atom stereocenters. The van der Waals surface area contributed by atoms with Crippen LogP contribution in [0.2, 0.25) is 0 Å². The zero-order valence-electron chi connectivity index (χ0n) is 9.80. The smallest absolute Gasteiger partial charge is 0.166 e. The average Bonchev–Trinajstić information content (AvgIpc) is 2.46. The number of rotatable bonds is 4. The van der Waals surface area contributed by atoms with E-state index in [0.717, 1.165) is 6.07 Å². The van der Waals surface area contributed by atoms with Crippen molar-refractivity contribution in [1.82, 2.24) is 9.97 Å². The van der Waals surface area contributed by atoms with Crippen LogP contribution < -0.4 is 16.0 Å². The summed E-state index contributed by atoms with van der Waals surface area (Å²) in [6, 6.07) is 5.84. The zero-order valence-corrected chi connectivity index (χ0v) is 9.80. The van der Waals surface area contributed by atoms with Crippen molar-refractivity contribution in [3.05, 3.63) is 47.7 Å². The number of nitrogens with zero attached hydrogens (tertiary/aromatic N) is 3. The molecule has 0 amide bonds. The number of hydrogen-bond acceptors (Lipinski definition) is 6. The van der Waals surface area contributed by atoms with Crippen molar-refractivity contribution in [2.24, 2.45) is 5.84 Å². The number of hydrazine groups is 1. The van der Waals surface area contributed by atoms with Gasteiger partial charge in [0.2, 0.25) is 0 Å². The molecule has 0 unspecified atom stereocenters. The third-order valence-corrected chi connectivity index (χ3v) is 2.29. The summed E-state index contributed by atoms with van der Waals surface area (Å²) in [6.45, 7) is 0.0701. The predicted octanol–water partition coefficient (Wildman–Crippen LogP) is 1.35. The van der Waals surface area contributed by atoms with E-state index in [0.29, 0.717) is 11.5 Å². The SMILES string of the molecule is N#Cc1ccc(OCc2cnc(NN)cn2)c(F)c1. The first kappa shape index (κ1) is 12.7. The lowest BCUT2D eigenvalue weighted by Crippen LogP contribution is -2.09. The third-order valence-electron chi connectivity index (χ3n) is 2.29. The first-order valence-corrected chi connectivity index (χ1v) is 5.33. The summed E-state index contributed by atoms with van der Waals surface area (Å²) in [4.78, 5) is 7.97. The molecule has 0 aliphatic carbocycles. The summed E-state index contributed by atoms with van der Waals surface area (Å²) >= 11 is 0. The number of nitrogens with one attached hydrogen (secondary N) is 1. The van der Waals surface area contributed by atoms with Gasteiger partial charge in [-0.1, -0.05) is 0 Å². The molecule has 6 nitrogen and oxygen atoms in total. The molecule has 3 N–H and O–H groups in total. The van der Waals surface area contributed by atoms with Gasteiger partial charge in [-0.3, -0.25) is 4.98 Å². The molecule has 0 bridgehead atoms. The predicted molar refractivity (Wildman–Crippen MR) is 65.3 cm³/mol. The Morgan fingerprint density at radius 1 is 1.37 bits per heavy atom. The maximum absolute atomic E-state index is 13.5. The van der Waals surface area contributed by atoms with Gasteiger partial charge >= 0.3 is 0 Å². The summed E-state index contributed by atoms with van der Waals surface area (Å²) < 4.78 is 18.8. The maximum atomic E-state index is 13.5. The second kappa shape index (κ2) is 5.75. The molecular weight excluding hydrogens is 249 g/mol. The summed E-state index contributed by atoms with van der Waals surface area (Å²) in [5.41, 5.74) is 3.11. The molecule has 1 aromatic carbocycles. The quantitative estimate of drug-likeness (QED) is 0.635. The summed E-state index contributed by atoms with van der Waals surface area (Å²) in [5.74, 6) is 5.04. The van der Waals surface area contributed by atoms with Gasteiger partial charge in [0.25, 0.3) is 0 Å². The van der Waals surface area contributed by atoms with E-state index in [1.165, 1.54) is 24.5 Å². The topological polar surface area (TPSA) is 96.8 Å². The molecule has 0 aliphatic heterocycles. The molecule has 0 aliphatic rings. The van der Waals surface area contributed by atoms with Crippen LogP contribution in [-0.4, -0.2) is 9.97 Å². The molecule has 0 spiro atoms. The van der Waals surface area contributed by atoms with Gasteiger partial charge in [0.05, 0.1) is 29.7 Å². The summed E-state index contributed by atoms with van der Waals surface area (Å²) in [6.07, 6.45) is 2.91. The van der Waals surface area contributed by atoms with Crippen LogP contribution in [0, 0.1) is 17.1 Å². The van der Waals surface area contributed by atoms with E-state index in [4.69, 9.17) is 15.8 Å². The fourth-order valence-corrected chi connectivity index (χ4v) is 1.34. The molecular formula is C12H10FN5O. The second-order valence-corrected chi connectivity index (χ2v) is 3.58. The Morgan fingerprint density at radius 3 is 2.79 bits per heavy atom. The first-order chi connectivity index (χ1) is 9.22. The summed E-state index contributed by atoms with van der Waals surface area (Å²) in [7, 11) is 0. The molecule has 0 radical (unpaired) electrons. The number of hydrogen-bond donors (Lipinski definition) is 2. The van der Waals surface area contributed by atoms with E-state index in [9.17, 15) is 4.39 Å². The number of anilines is 1. The minimum absolute atomic E-state index is 0.0572. The Labute approximate surface area is 108 Å². The highest BCUT2D eigenvalue weighted by molar-refractivity contribution is 5.36. The fraction of sp³-hybridized carbons (Fsp3) is 0.0833. The van der Waals surface area contributed by atoms with Crippen molar-refractivity contribution in [3.63, 3.8) is 0 Å². The highest BCUT2D eigenvalue weighted by Crippen LogP contribution is 2.19. The van der Waals surface area contributed by atoms with E-state index in [1.54, 1.807) is 0 Å². The Bertz CT molecular complexity index is 609. The lowest BCUT2D eigenvalue weighted by Gasteiger charge is -2.07. The van der Waals surface area contributed by atoms with Crippen LogP contribution in [-0.2, 0) is 6.61 Å². The normalized spacial score (nSPS) is 9.74. The van der Waals surface area contributed by atoms with Gasteiger partial charge in [0.15, 0.2) is 17.4 Å². The minimum Gasteiger partial charge on any atom is -0.484 e. The first-order valence-electron chi connectivity index (χ1n) is 5.33. The molecule has 0 saturated heterocycles. The number of nitrogen functional groups attached to an aromatic ring is 1. The van der Waals surface area contributed by atoms with Crippen LogP contribution in [0.15, 0.2) is 30.6 Å². The molecule has 0 fully saturated rings. The van der Waals surface area contributed by atoms with Crippen LogP contribution in [0.5, 0.6) is 5.75 Å². The van der Waals surface area contributed by atoms with Crippen molar-refractivity contribution in [2.45, 2.75) is 6.61 Å². The van der Waals surface area contributed by atoms with E-state index < -0.39 is 5.82 Å². The molecule has 7 heteroatoms. The number of aromatic nitrogens is 2. The maximum Gasteiger partial charge on any atom is 0.166 e. The lowest BCUT2D eigenvalue weighted by atomic mass is 10.2. The largest absolute Gasteiger partial charge is 0.484 e. The van der Waals surface area contributed by atoms with Crippen LogP contribution >= 0.6 is 0 Å². The van der Waals surface area contributed by atoms with Gasteiger partial charge in [-0.15, -0.1) is 0 Å². The number of nitriles is 1. The Hall–Kier alpha value is -2.72. The number of nitrogens with two attached hydrogens (primary N) is 1. The molecule has 2 aromatic rings. The molecule has 96 valence electrons. The highest BCUT2D eigenvalue weighted by atomic mass is 19.1. The van der Waals surface area contributed by atoms with Crippen LogP contribution in [0.25, 0.3) is 0 Å². The molecule has 0 saturated carbocycles. The van der Waals surface area contributed by atoms with Gasteiger partial charge in [-0.2, -0.15) is 5.26 Å². The fourth-order valence-electron chi connectivity index (χ4n) is 1.34. The molecule has 2 rings (SSSR count). The standard InChI is InChI=1S/C12H10FN5O/c13-10-3-8(4-14)1-2-11(10)19-7-9-5-17-12(18-15)6-16-9/h1-3,5-6H,7,15H2,(H,17,18). The lowest BCUT2D eigenvalue weighted by molar-refractivity contribution is 0.285. The Kier molecular flexibility index (Phi) is 3.85. The van der Waals surface area contributed by atoms with E-state index in [-0.39, 0.29) is 17.9 Å². The van der Waals surface area contributed by atoms with Crippen molar-refractivity contribution < 1.29 is 9.13 Å². The van der Waals surface area contributed by atoms with E-state index in [1.807, 2.05) is 6.07 Å². The van der Waals surface area contributed by atoms with Crippen molar-refractivity contribution >= 4 is 5.82 Å². The van der Waals surface area contributed by atoms with Crippen LogP contribution in [0.1, 0.15) is 11.3 Å². The Morgan fingerprint density at radius 2 is 2.21 bits per heavy atom. The molecule has 1 aromatic heterocycles. The van der Waals surface area contributed by atoms with Crippen molar-refractivity contribution in [2.75, 3.05) is 5.43 Å². The van der Waals surface area contributed by atoms with Crippen LogP contribution in [0.3, 0.4) is 0 Å². The number of benzene rings is 1. The Balaban J connectivity index is 2.04. The van der Waals surface area contributed by atoms with Gasteiger partial charge in [0, 0.05) is 0 Å². The number of halogens is 1. The summed E-state index contributed by atoms with van der Waals surface area (Å²) in [5, 5.41) is 8.62. The van der Waals surface area contributed by atoms with Gasteiger partial charge < -0.3 is 10.2 Å². The zero-order chi connectivity index (χ0) is 13.7. The molecule has 19 heavy (non-hydrogen) atoms.